The van der Waals surface area contributed by atoms with Gasteiger partial charge in [-0.1, -0.05) is 12.1 Å². The van der Waals surface area contributed by atoms with Crippen molar-refractivity contribution in [2.75, 3.05) is 26.7 Å². The first-order valence-corrected chi connectivity index (χ1v) is 9.65. The lowest BCUT2D eigenvalue weighted by Crippen LogP contribution is -2.50. The number of hydrogen-bond acceptors (Lipinski definition) is 6. The third-order valence-electron chi connectivity index (χ3n) is 5.57. The van der Waals surface area contributed by atoms with Crippen LogP contribution in [0.3, 0.4) is 0 Å². The van der Waals surface area contributed by atoms with E-state index in [1.807, 2.05) is 4.90 Å². The van der Waals surface area contributed by atoms with E-state index >= 15 is 0 Å². The minimum Gasteiger partial charge on any atom is -0.502 e. The molecule has 1 fully saturated rings. The second-order valence-electron chi connectivity index (χ2n) is 7.56. The zero-order chi connectivity index (χ0) is 21.4. The number of aromatic hydroxyl groups is 1. The Kier molecular flexibility index (Phi) is 5.25. The van der Waals surface area contributed by atoms with E-state index in [9.17, 15) is 23.9 Å². The average Bonchev–Trinajstić information content (AvgIpc) is 2.87. The maximum absolute atomic E-state index is 13.0. The molecule has 4 rings (SSSR count). The minimum absolute atomic E-state index is 0.0253. The molecule has 2 unspecified atom stereocenters. The summed E-state index contributed by atoms with van der Waals surface area (Å²) in [6.45, 7) is 1.81. The summed E-state index contributed by atoms with van der Waals surface area (Å²) in [4.78, 5) is 45.3. The SMILES string of the molecule is CN1C(=O)CN2CCn3c(nc(CC(=O)NCc4ccc(F)cc4)c(O)c3=O)C1C2. The fourth-order valence-electron chi connectivity index (χ4n) is 3.79. The van der Waals surface area contributed by atoms with Crippen molar-refractivity contribution in [2.24, 2.45) is 0 Å². The van der Waals surface area contributed by atoms with Gasteiger partial charge in [-0.05, 0) is 17.7 Å². The van der Waals surface area contributed by atoms with Crippen LogP contribution in [0.2, 0.25) is 0 Å². The summed E-state index contributed by atoms with van der Waals surface area (Å²) < 4.78 is 14.4. The highest BCUT2D eigenvalue weighted by Crippen LogP contribution is 2.27. The van der Waals surface area contributed by atoms with Crippen molar-refractivity contribution in [3.05, 3.63) is 57.5 Å². The van der Waals surface area contributed by atoms with Crippen molar-refractivity contribution in [1.82, 2.24) is 24.7 Å². The molecule has 10 heteroatoms. The smallest absolute Gasteiger partial charge is 0.296 e. The number of piperazine rings is 1. The molecule has 3 heterocycles. The van der Waals surface area contributed by atoms with Gasteiger partial charge in [-0.25, -0.2) is 9.37 Å². The van der Waals surface area contributed by atoms with E-state index in [1.165, 1.54) is 16.7 Å². The fraction of sp³-hybridized carbons (Fsp3) is 0.400. The van der Waals surface area contributed by atoms with Crippen molar-refractivity contribution < 1.29 is 19.1 Å². The summed E-state index contributed by atoms with van der Waals surface area (Å²) in [6.07, 6.45) is -0.287. The lowest BCUT2D eigenvalue weighted by atomic mass is 10.1. The summed E-state index contributed by atoms with van der Waals surface area (Å²) in [5, 5.41) is 13.0. The quantitative estimate of drug-likeness (QED) is 0.715. The van der Waals surface area contributed by atoms with Crippen LogP contribution in [0.1, 0.15) is 23.1 Å². The summed E-state index contributed by atoms with van der Waals surface area (Å²) in [7, 11) is 1.66. The molecule has 9 nitrogen and oxygen atoms in total. The lowest BCUT2D eigenvalue weighted by Gasteiger charge is -2.36. The van der Waals surface area contributed by atoms with E-state index in [0.29, 0.717) is 31.0 Å². The first-order chi connectivity index (χ1) is 14.3. The molecule has 1 saturated heterocycles. The lowest BCUT2D eigenvalue weighted by molar-refractivity contribution is -0.138. The Bertz CT molecular complexity index is 1050. The van der Waals surface area contributed by atoms with E-state index < -0.39 is 23.3 Å². The van der Waals surface area contributed by atoms with E-state index in [1.54, 1.807) is 24.1 Å². The van der Waals surface area contributed by atoms with Gasteiger partial charge in [0.05, 0.1) is 18.7 Å². The maximum atomic E-state index is 13.0. The second kappa shape index (κ2) is 7.86. The van der Waals surface area contributed by atoms with Crippen molar-refractivity contribution in [2.45, 2.75) is 25.6 Å². The number of fused-ring (bicyclic) bond motifs is 4. The topological polar surface area (TPSA) is 108 Å². The van der Waals surface area contributed by atoms with Gasteiger partial charge in [-0.15, -0.1) is 0 Å². The number of halogens is 1. The molecule has 0 spiro atoms. The highest BCUT2D eigenvalue weighted by atomic mass is 19.1. The molecule has 30 heavy (non-hydrogen) atoms. The number of likely N-dealkylation sites (N-methyl/N-ethyl adjacent to an activating group) is 1. The van der Waals surface area contributed by atoms with Crippen molar-refractivity contribution in [3.63, 3.8) is 0 Å². The van der Waals surface area contributed by atoms with Gasteiger partial charge >= 0.3 is 0 Å². The Morgan fingerprint density at radius 2 is 2.00 bits per heavy atom. The van der Waals surface area contributed by atoms with Crippen LogP contribution >= 0.6 is 0 Å². The van der Waals surface area contributed by atoms with Gasteiger partial charge in [-0.3, -0.25) is 23.9 Å². The second-order valence-corrected chi connectivity index (χ2v) is 7.56. The molecule has 1 aromatic carbocycles. The molecule has 1 aromatic heterocycles. The third-order valence-corrected chi connectivity index (χ3v) is 5.57. The Morgan fingerprint density at radius 1 is 1.27 bits per heavy atom. The summed E-state index contributed by atoms with van der Waals surface area (Å²) in [5.41, 5.74) is 0.0741. The largest absolute Gasteiger partial charge is 0.502 e. The summed E-state index contributed by atoms with van der Waals surface area (Å²) in [6, 6.07) is 5.29. The number of aromatic nitrogens is 2. The number of amides is 2. The maximum Gasteiger partial charge on any atom is 0.296 e. The zero-order valence-corrected chi connectivity index (χ0v) is 16.5. The van der Waals surface area contributed by atoms with Crippen molar-refractivity contribution >= 4 is 11.8 Å². The Labute approximate surface area is 171 Å². The number of nitrogens with zero attached hydrogens (tertiary/aromatic N) is 4. The Morgan fingerprint density at radius 3 is 2.73 bits per heavy atom. The van der Waals surface area contributed by atoms with Gasteiger partial charge in [0.15, 0.2) is 0 Å². The molecule has 2 N–H and O–H groups in total. The van der Waals surface area contributed by atoms with Crippen LogP contribution in [0, 0.1) is 5.82 Å². The van der Waals surface area contributed by atoms with Crippen LogP contribution in [-0.2, 0) is 29.1 Å². The Hall–Kier alpha value is -3.27. The van der Waals surface area contributed by atoms with Crippen LogP contribution in [0.15, 0.2) is 29.1 Å². The molecule has 2 amide bonds. The molecule has 2 atom stereocenters. The van der Waals surface area contributed by atoms with E-state index in [4.69, 9.17) is 0 Å². The first kappa shape index (κ1) is 20.0. The molecule has 2 aliphatic heterocycles. The monoisotopic (exact) mass is 415 g/mol. The van der Waals surface area contributed by atoms with Gasteiger partial charge in [0.2, 0.25) is 17.6 Å². The molecular weight excluding hydrogens is 393 g/mol. The molecular formula is C20H22FN5O4. The summed E-state index contributed by atoms with van der Waals surface area (Å²) >= 11 is 0. The predicted octanol–water partition coefficient (Wildman–Crippen LogP) is -0.224. The molecule has 2 bridgehead atoms. The Balaban J connectivity index is 1.56. The number of carbonyl (C=O) groups excluding carboxylic acids is 2. The van der Waals surface area contributed by atoms with Gasteiger partial charge in [0.1, 0.15) is 17.7 Å². The van der Waals surface area contributed by atoms with Crippen LogP contribution in [0.4, 0.5) is 4.39 Å². The van der Waals surface area contributed by atoms with Crippen LogP contribution in [0.5, 0.6) is 5.75 Å². The third kappa shape index (κ3) is 3.78. The zero-order valence-electron chi connectivity index (χ0n) is 16.5. The molecule has 158 valence electrons. The predicted molar refractivity (Wildman–Crippen MR) is 104 cm³/mol. The normalized spacial score (nSPS) is 20.5. The van der Waals surface area contributed by atoms with Gasteiger partial charge in [0, 0.05) is 33.2 Å². The highest BCUT2D eigenvalue weighted by Gasteiger charge is 2.37. The standard InChI is InChI=1S/C20H22FN5O4/c1-24-15-10-25(11-17(24)28)6-7-26-19(15)23-14(18(29)20(26)30)8-16(27)22-9-12-2-4-13(21)5-3-12/h2-5,15,29H,6-11H2,1H3,(H,22,27). The van der Waals surface area contributed by atoms with Crippen LogP contribution in [-0.4, -0.2) is 63.0 Å². The minimum atomic E-state index is -0.615. The number of hydrogen-bond donors (Lipinski definition) is 2. The number of benzene rings is 1. The molecule has 0 saturated carbocycles. The van der Waals surface area contributed by atoms with E-state index in [-0.39, 0.29) is 36.9 Å². The fourth-order valence-corrected chi connectivity index (χ4v) is 3.79. The van der Waals surface area contributed by atoms with Gasteiger partial charge in [0.25, 0.3) is 5.56 Å². The number of rotatable bonds is 4. The van der Waals surface area contributed by atoms with E-state index in [0.717, 1.165) is 0 Å². The first-order valence-electron chi connectivity index (χ1n) is 9.65. The average molecular weight is 415 g/mol. The molecule has 0 aliphatic carbocycles. The van der Waals surface area contributed by atoms with Gasteiger partial charge in [-0.2, -0.15) is 0 Å². The van der Waals surface area contributed by atoms with Crippen molar-refractivity contribution in [3.8, 4) is 5.75 Å². The van der Waals surface area contributed by atoms with Gasteiger partial charge < -0.3 is 15.3 Å². The number of nitrogens with one attached hydrogen (secondary N) is 1. The van der Waals surface area contributed by atoms with Crippen LogP contribution < -0.4 is 10.9 Å². The van der Waals surface area contributed by atoms with Crippen molar-refractivity contribution in [1.29, 1.82) is 0 Å². The molecule has 2 aliphatic rings. The molecule has 0 radical (unpaired) electrons. The highest BCUT2D eigenvalue weighted by molar-refractivity contribution is 5.79. The summed E-state index contributed by atoms with van der Waals surface area (Å²) in [5.74, 6) is -1.06. The molecule has 2 aromatic rings. The van der Waals surface area contributed by atoms with E-state index in [2.05, 4.69) is 10.3 Å². The number of carbonyl (C=O) groups is 2. The van der Waals surface area contributed by atoms with Crippen LogP contribution in [0.25, 0.3) is 0 Å².